The molecule has 3 aromatic rings. The molecule has 7 heteroatoms. The van der Waals surface area contributed by atoms with E-state index >= 15 is 0 Å². The first-order chi connectivity index (χ1) is 16.4. The lowest BCUT2D eigenvalue weighted by Crippen LogP contribution is -2.30. The number of nitrogens with zero attached hydrogens (tertiary/aromatic N) is 2. The maximum absolute atomic E-state index is 14.1. The number of fused-ring (bicyclic) bond motifs is 1. The summed E-state index contributed by atoms with van der Waals surface area (Å²) in [7, 11) is 2.00. The highest BCUT2D eigenvalue weighted by molar-refractivity contribution is 6.32. The van der Waals surface area contributed by atoms with Crippen LogP contribution >= 0.6 is 11.6 Å². The number of phenolic OH excluding ortho intramolecular Hbond substituents is 1. The summed E-state index contributed by atoms with van der Waals surface area (Å²) in [6.45, 7) is 0. The summed E-state index contributed by atoms with van der Waals surface area (Å²) in [5.74, 6) is -0.848. The average molecular weight is 480 g/mol. The molecule has 34 heavy (non-hydrogen) atoms. The highest BCUT2D eigenvalue weighted by Gasteiger charge is 2.32. The van der Waals surface area contributed by atoms with Crippen molar-refractivity contribution in [2.24, 2.45) is 16.8 Å². The molecule has 2 fully saturated rings. The molecule has 5 rings (SSSR count). The first-order valence-corrected chi connectivity index (χ1v) is 12.2. The molecule has 2 N–H and O–H groups in total. The number of ketones is 1. The van der Waals surface area contributed by atoms with Gasteiger partial charge in [-0.1, -0.05) is 17.7 Å². The van der Waals surface area contributed by atoms with E-state index in [4.69, 9.17) is 16.6 Å². The Balaban J connectivity index is 1.58. The minimum Gasteiger partial charge on any atom is -0.504 e. The van der Waals surface area contributed by atoms with Crippen LogP contribution in [0.4, 0.5) is 10.1 Å². The van der Waals surface area contributed by atoms with E-state index in [0.29, 0.717) is 39.9 Å². The Kier molecular flexibility index (Phi) is 6.36. The van der Waals surface area contributed by atoms with Crippen LogP contribution in [0.15, 0.2) is 41.5 Å². The first-order valence-electron chi connectivity index (χ1n) is 11.8. The summed E-state index contributed by atoms with van der Waals surface area (Å²) in [6, 6.07) is 8.87. The van der Waals surface area contributed by atoms with Gasteiger partial charge in [-0.2, -0.15) is 0 Å². The molecule has 1 aromatic heterocycles. The Bertz CT molecular complexity index is 1260. The fraction of sp³-hybridized carbons (Fsp3) is 0.370. The lowest BCUT2D eigenvalue weighted by molar-refractivity contribution is 0.0968. The number of pyridine rings is 1. The summed E-state index contributed by atoms with van der Waals surface area (Å²) < 4.78 is 14.1. The van der Waals surface area contributed by atoms with Crippen LogP contribution in [0.3, 0.4) is 0 Å². The zero-order valence-corrected chi connectivity index (χ0v) is 19.8. The number of aromatic nitrogens is 1. The van der Waals surface area contributed by atoms with Crippen molar-refractivity contribution >= 4 is 40.2 Å². The molecule has 5 nitrogen and oxygen atoms in total. The third kappa shape index (κ3) is 4.57. The maximum Gasteiger partial charge on any atom is 0.170 e. The van der Waals surface area contributed by atoms with Gasteiger partial charge in [0.05, 0.1) is 21.8 Å². The second-order valence-corrected chi connectivity index (χ2v) is 9.77. The van der Waals surface area contributed by atoms with Crippen LogP contribution in [0.1, 0.15) is 48.9 Å². The number of Topliss-reactive ketones (excluding diaryl/α,β-unsaturated/α-hetero) is 1. The van der Waals surface area contributed by atoms with Crippen molar-refractivity contribution in [3.05, 3.63) is 52.9 Å². The van der Waals surface area contributed by atoms with Gasteiger partial charge in [0.15, 0.2) is 17.3 Å². The van der Waals surface area contributed by atoms with Crippen molar-refractivity contribution in [3.63, 3.8) is 0 Å². The van der Waals surface area contributed by atoms with Crippen LogP contribution < -0.4 is 5.32 Å². The van der Waals surface area contributed by atoms with Gasteiger partial charge in [-0.25, -0.2) is 4.39 Å². The fourth-order valence-corrected chi connectivity index (χ4v) is 4.92. The van der Waals surface area contributed by atoms with E-state index in [2.05, 4.69) is 10.3 Å². The van der Waals surface area contributed by atoms with E-state index in [0.717, 1.165) is 43.9 Å². The fourth-order valence-electron chi connectivity index (χ4n) is 4.71. The molecular weight excluding hydrogens is 453 g/mol. The smallest absolute Gasteiger partial charge is 0.170 e. The van der Waals surface area contributed by atoms with E-state index < -0.39 is 11.6 Å². The molecular formula is C27H27ClFN3O2. The van der Waals surface area contributed by atoms with Crippen LogP contribution in [-0.2, 0) is 0 Å². The molecule has 1 heterocycles. The van der Waals surface area contributed by atoms with Crippen molar-refractivity contribution in [3.8, 4) is 16.9 Å². The summed E-state index contributed by atoms with van der Waals surface area (Å²) in [5, 5.41) is 13.7. The average Bonchev–Trinajstić information content (AvgIpc) is 3.70. The SMILES string of the molecule is CNC1CCC(C=Nc2c(C(=O)C3CC3)cnc3ccc(-c4cc(F)c(O)c(Cl)c4)cc23)CC1. The lowest BCUT2D eigenvalue weighted by Gasteiger charge is -2.25. The first kappa shape index (κ1) is 22.9. The highest BCUT2D eigenvalue weighted by atomic mass is 35.5. The van der Waals surface area contributed by atoms with Gasteiger partial charge in [0.2, 0.25) is 0 Å². The van der Waals surface area contributed by atoms with Crippen molar-refractivity contribution in [1.29, 1.82) is 0 Å². The molecule has 0 unspecified atom stereocenters. The number of halogens is 2. The zero-order valence-electron chi connectivity index (χ0n) is 19.0. The van der Waals surface area contributed by atoms with Gasteiger partial charge in [0.25, 0.3) is 0 Å². The van der Waals surface area contributed by atoms with Crippen molar-refractivity contribution in [2.75, 3.05) is 7.05 Å². The third-order valence-corrected chi connectivity index (χ3v) is 7.29. The van der Waals surface area contributed by atoms with Gasteiger partial charge < -0.3 is 10.4 Å². The Morgan fingerprint density at radius 1 is 1.15 bits per heavy atom. The van der Waals surface area contributed by atoms with Crippen LogP contribution in [-0.4, -0.2) is 35.2 Å². The molecule has 2 saturated carbocycles. The lowest BCUT2D eigenvalue weighted by atomic mass is 9.87. The topological polar surface area (TPSA) is 74.6 Å². The molecule has 0 aliphatic heterocycles. The summed E-state index contributed by atoms with van der Waals surface area (Å²) in [6.07, 6.45) is 9.77. The maximum atomic E-state index is 14.1. The van der Waals surface area contributed by atoms with Crippen molar-refractivity contribution < 1.29 is 14.3 Å². The van der Waals surface area contributed by atoms with Gasteiger partial charge >= 0.3 is 0 Å². The van der Waals surface area contributed by atoms with Crippen LogP contribution in [0.2, 0.25) is 5.02 Å². The normalized spacial score (nSPS) is 20.8. The number of hydrogen-bond donors (Lipinski definition) is 2. The van der Waals surface area contributed by atoms with Crippen molar-refractivity contribution in [2.45, 2.75) is 44.6 Å². The highest BCUT2D eigenvalue weighted by Crippen LogP contribution is 2.40. The molecule has 0 radical (unpaired) electrons. The van der Waals surface area contributed by atoms with Crippen LogP contribution in [0.25, 0.3) is 22.0 Å². The molecule has 0 spiro atoms. The van der Waals surface area contributed by atoms with Crippen LogP contribution in [0, 0.1) is 17.7 Å². The van der Waals surface area contributed by atoms with Gasteiger partial charge in [-0.15, -0.1) is 0 Å². The largest absolute Gasteiger partial charge is 0.504 e. The van der Waals surface area contributed by atoms with E-state index in [-0.39, 0.29) is 16.7 Å². The number of nitrogens with one attached hydrogen (secondary N) is 1. The molecule has 0 amide bonds. The van der Waals surface area contributed by atoms with E-state index in [1.54, 1.807) is 6.20 Å². The molecule has 2 aromatic carbocycles. The number of phenols is 1. The molecule has 176 valence electrons. The van der Waals surface area contributed by atoms with E-state index in [1.165, 1.54) is 12.1 Å². The predicted molar refractivity (Wildman–Crippen MR) is 134 cm³/mol. The third-order valence-electron chi connectivity index (χ3n) is 7.00. The Labute approximate surface area is 203 Å². The van der Waals surface area contributed by atoms with E-state index in [9.17, 15) is 14.3 Å². The molecule has 2 aliphatic carbocycles. The van der Waals surface area contributed by atoms with Gasteiger partial charge in [-0.05, 0) is 86.9 Å². The second-order valence-electron chi connectivity index (χ2n) is 9.36. The van der Waals surface area contributed by atoms with Crippen LogP contribution in [0.5, 0.6) is 5.75 Å². The number of benzene rings is 2. The van der Waals surface area contributed by atoms with Crippen molar-refractivity contribution in [1.82, 2.24) is 10.3 Å². The number of rotatable bonds is 6. The second kappa shape index (κ2) is 9.43. The zero-order chi connectivity index (χ0) is 23.8. The van der Waals surface area contributed by atoms with Gasteiger partial charge in [-0.3, -0.25) is 14.8 Å². The number of aromatic hydroxyl groups is 1. The van der Waals surface area contributed by atoms with Gasteiger partial charge in [0, 0.05) is 29.8 Å². The Morgan fingerprint density at radius 2 is 1.91 bits per heavy atom. The number of carbonyl (C=O) groups is 1. The monoisotopic (exact) mass is 479 g/mol. The molecule has 2 aliphatic rings. The number of aliphatic imine (C=N–C) groups is 1. The Hall–Kier alpha value is -2.83. The summed E-state index contributed by atoms with van der Waals surface area (Å²) in [4.78, 5) is 22.5. The Morgan fingerprint density at radius 3 is 2.59 bits per heavy atom. The molecule has 0 bridgehead atoms. The minimum absolute atomic E-state index is 0.0486. The number of carbonyl (C=O) groups excluding carboxylic acids is 1. The minimum atomic E-state index is -0.784. The summed E-state index contributed by atoms with van der Waals surface area (Å²) in [5.41, 5.74) is 3.12. The molecule has 0 saturated heterocycles. The quantitative estimate of drug-likeness (QED) is 0.313. The summed E-state index contributed by atoms with van der Waals surface area (Å²) >= 11 is 6.01. The molecule has 0 atom stereocenters. The van der Waals surface area contributed by atoms with E-state index in [1.807, 2.05) is 31.5 Å². The van der Waals surface area contributed by atoms with Gasteiger partial charge in [0.1, 0.15) is 0 Å². The number of hydrogen-bond acceptors (Lipinski definition) is 5. The predicted octanol–water partition coefficient (Wildman–Crippen LogP) is 6.47. The standard InChI is InChI=1S/C27H27ClFN3O2/c1-30-19-7-2-15(3-8-19)13-32-25-20-10-17(18-11-22(28)27(34)23(29)12-18)6-9-24(20)31-14-21(25)26(33)16-4-5-16/h6,9-16,19,30,34H,2-5,7-8H2,1H3.